The fourth-order valence-corrected chi connectivity index (χ4v) is 3.64. The normalized spacial score (nSPS) is 11.1. The third-order valence-corrected chi connectivity index (χ3v) is 5.55. The van der Waals surface area contributed by atoms with Crippen LogP contribution in [0.5, 0.6) is 11.5 Å². The third kappa shape index (κ3) is 4.51. The molecule has 27 heavy (non-hydrogen) atoms. The largest absolute Gasteiger partial charge is 0.503 e. The number of benzene rings is 2. The van der Waals surface area contributed by atoms with Crippen molar-refractivity contribution in [3.8, 4) is 11.5 Å². The van der Waals surface area contributed by atoms with Gasteiger partial charge in [-0.25, -0.2) is 8.42 Å². The molecule has 2 N–H and O–H groups in total. The molecule has 0 saturated carbocycles. The molecule has 0 atom stereocenters. The van der Waals surface area contributed by atoms with Gasteiger partial charge in [-0.05, 0) is 45.0 Å². The second-order valence-electron chi connectivity index (χ2n) is 5.97. The Balaban J connectivity index is 2.48. The average Bonchev–Trinajstić information content (AvgIpc) is 2.64. The number of hydrogen-bond donors (Lipinski definition) is 2. The highest BCUT2D eigenvalue weighted by molar-refractivity contribution is 7.92. The van der Waals surface area contributed by atoms with E-state index in [9.17, 15) is 18.3 Å². The van der Waals surface area contributed by atoms with Gasteiger partial charge in [-0.2, -0.15) is 0 Å². The first kappa shape index (κ1) is 20.6. The molecule has 0 spiro atoms. The van der Waals surface area contributed by atoms with E-state index < -0.39 is 10.0 Å². The highest BCUT2D eigenvalue weighted by Crippen LogP contribution is 2.37. The van der Waals surface area contributed by atoms with Gasteiger partial charge in [0.2, 0.25) is 0 Å². The summed E-state index contributed by atoms with van der Waals surface area (Å²) in [4.78, 5) is 14.3. The van der Waals surface area contributed by atoms with Gasteiger partial charge in [0.05, 0.1) is 17.7 Å². The number of phenolic OH excluding ortho intramolecular Hbond substituents is 1. The summed E-state index contributed by atoms with van der Waals surface area (Å²) in [6.45, 7) is 6.55. The summed E-state index contributed by atoms with van der Waals surface area (Å²) in [6, 6.07) is 8.99. The van der Waals surface area contributed by atoms with Crippen LogP contribution in [-0.2, 0) is 10.0 Å². The highest BCUT2D eigenvalue weighted by Gasteiger charge is 2.22. The molecule has 0 aliphatic carbocycles. The Kier molecular flexibility index (Phi) is 6.32. The fourth-order valence-electron chi connectivity index (χ4n) is 2.58. The smallest absolute Gasteiger partial charge is 0.262 e. The number of rotatable bonds is 7. The molecule has 0 unspecified atom stereocenters. The van der Waals surface area contributed by atoms with Gasteiger partial charge in [0.25, 0.3) is 15.9 Å². The van der Waals surface area contributed by atoms with Gasteiger partial charge in [0.1, 0.15) is 0 Å². The zero-order chi connectivity index (χ0) is 20.2. The van der Waals surface area contributed by atoms with Crippen LogP contribution in [0.2, 0.25) is 0 Å². The minimum absolute atomic E-state index is 0.00890. The standard InChI is InChI=1S/C19H24N2O5S/c1-5-21(6-2)19(23)14-11-16(18(22)17(12-14)26-4)20-27(24,25)15-9-7-13(3)8-10-15/h7-12,20,22H,5-6H2,1-4H3. The lowest BCUT2D eigenvalue weighted by Gasteiger charge is -2.20. The first-order valence-electron chi connectivity index (χ1n) is 8.53. The van der Waals surface area contributed by atoms with Gasteiger partial charge in [-0.15, -0.1) is 0 Å². The summed E-state index contributed by atoms with van der Waals surface area (Å²) < 4.78 is 32.7. The van der Waals surface area contributed by atoms with Gasteiger partial charge >= 0.3 is 0 Å². The van der Waals surface area contributed by atoms with E-state index in [1.807, 2.05) is 20.8 Å². The molecule has 0 bridgehead atoms. The molecule has 146 valence electrons. The van der Waals surface area contributed by atoms with E-state index in [0.717, 1.165) is 5.56 Å². The van der Waals surface area contributed by atoms with E-state index in [1.54, 1.807) is 17.0 Å². The number of nitrogens with zero attached hydrogens (tertiary/aromatic N) is 1. The summed E-state index contributed by atoms with van der Waals surface area (Å²) in [5, 5.41) is 10.3. The predicted molar refractivity (Wildman–Crippen MR) is 104 cm³/mol. The van der Waals surface area contributed by atoms with E-state index in [0.29, 0.717) is 13.1 Å². The zero-order valence-corrected chi connectivity index (χ0v) is 16.6. The minimum atomic E-state index is -3.94. The number of nitrogens with one attached hydrogen (secondary N) is 1. The molecule has 0 aliphatic heterocycles. The van der Waals surface area contributed by atoms with Crippen molar-refractivity contribution in [2.75, 3.05) is 24.9 Å². The number of anilines is 1. The quantitative estimate of drug-likeness (QED) is 0.706. The van der Waals surface area contributed by atoms with Gasteiger partial charge in [0, 0.05) is 18.7 Å². The summed E-state index contributed by atoms with van der Waals surface area (Å²) in [7, 11) is -2.61. The lowest BCUT2D eigenvalue weighted by atomic mass is 10.1. The molecular weight excluding hydrogens is 368 g/mol. The van der Waals surface area contributed by atoms with E-state index in [4.69, 9.17) is 4.74 Å². The summed E-state index contributed by atoms with van der Waals surface area (Å²) in [5.74, 6) is -0.659. The number of methoxy groups -OCH3 is 1. The molecule has 2 aromatic carbocycles. The molecule has 0 fully saturated rings. The SMILES string of the molecule is CCN(CC)C(=O)c1cc(NS(=O)(=O)c2ccc(C)cc2)c(O)c(OC)c1. The Morgan fingerprint density at radius 3 is 2.26 bits per heavy atom. The van der Waals surface area contributed by atoms with Crippen LogP contribution in [0.25, 0.3) is 0 Å². The van der Waals surface area contributed by atoms with Crippen molar-refractivity contribution in [3.05, 3.63) is 47.5 Å². The van der Waals surface area contributed by atoms with Crippen LogP contribution in [0.3, 0.4) is 0 Å². The first-order chi connectivity index (χ1) is 12.7. The molecule has 8 heteroatoms. The topological polar surface area (TPSA) is 95.9 Å². The fraction of sp³-hybridized carbons (Fsp3) is 0.316. The minimum Gasteiger partial charge on any atom is -0.503 e. The maximum Gasteiger partial charge on any atom is 0.262 e. The van der Waals surface area contributed by atoms with Gasteiger partial charge < -0.3 is 14.7 Å². The van der Waals surface area contributed by atoms with Crippen molar-refractivity contribution in [2.45, 2.75) is 25.7 Å². The van der Waals surface area contributed by atoms with E-state index in [1.165, 1.54) is 31.4 Å². The lowest BCUT2D eigenvalue weighted by molar-refractivity contribution is 0.0772. The van der Waals surface area contributed by atoms with Crippen LogP contribution in [0, 0.1) is 6.92 Å². The molecule has 0 saturated heterocycles. The Hall–Kier alpha value is -2.74. The van der Waals surface area contributed by atoms with Crippen molar-refractivity contribution < 1.29 is 23.1 Å². The van der Waals surface area contributed by atoms with Crippen LogP contribution in [0.4, 0.5) is 5.69 Å². The van der Waals surface area contributed by atoms with E-state index in [2.05, 4.69) is 4.72 Å². The number of carbonyl (C=O) groups is 1. The number of aromatic hydroxyl groups is 1. The number of aryl methyl sites for hydroxylation is 1. The zero-order valence-electron chi connectivity index (χ0n) is 15.8. The molecule has 0 heterocycles. The van der Waals surface area contributed by atoms with Crippen LogP contribution in [-0.4, -0.2) is 44.5 Å². The van der Waals surface area contributed by atoms with Gasteiger partial charge in [0.15, 0.2) is 11.5 Å². The Morgan fingerprint density at radius 2 is 1.74 bits per heavy atom. The molecule has 7 nitrogen and oxygen atoms in total. The van der Waals surface area contributed by atoms with Crippen LogP contribution >= 0.6 is 0 Å². The van der Waals surface area contributed by atoms with E-state index in [-0.39, 0.29) is 33.6 Å². The Morgan fingerprint density at radius 1 is 1.15 bits per heavy atom. The number of ether oxygens (including phenoxy) is 1. The van der Waals surface area contributed by atoms with E-state index >= 15 is 0 Å². The monoisotopic (exact) mass is 392 g/mol. The number of amides is 1. The third-order valence-electron chi connectivity index (χ3n) is 4.17. The average molecular weight is 392 g/mol. The number of sulfonamides is 1. The lowest BCUT2D eigenvalue weighted by Crippen LogP contribution is -2.30. The molecular formula is C19H24N2O5S. The molecule has 0 radical (unpaired) electrons. The predicted octanol–water partition coefficient (Wildman–Crippen LogP) is 2.99. The summed E-state index contributed by atoms with van der Waals surface area (Å²) in [6.07, 6.45) is 0. The van der Waals surface area contributed by atoms with Gasteiger partial charge in [-0.3, -0.25) is 9.52 Å². The molecule has 1 amide bonds. The van der Waals surface area contributed by atoms with Crippen LogP contribution in [0.15, 0.2) is 41.3 Å². The maximum atomic E-state index is 12.6. The van der Waals surface area contributed by atoms with Crippen molar-refractivity contribution in [1.82, 2.24) is 4.90 Å². The highest BCUT2D eigenvalue weighted by atomic mass is 32.2. The van der Waals surface area contributed by atoms with Crippen LogP contribution < -0.4 is 9.46 Å². The summed E-state index contributed by atoms with van der Waals surface area (Å²) >= 11 is 0. The van der Waals surface area contributed by atoms with Gasteiger partial charge in [-0.1, -0.05) is 17.7 Å². The maximum absolute atomic E-state index is 12.6. The summed E-state index contributed by atoms with van der Waals surface area (Å²) in [5.41, 5.74) is 1.02. The number of carbonyl (C=O) groups excluding carboxylic acids is 1. The van der Waals surface area contributed by atoms with Crippen molar-refractivity contribution in [2.24, 2.45) is 0 Å². The van der Waals surface area contributed by atoms with Crippen LogP contribution in [0.1, 0.15) is 29.8 Å². The van der Waals surface area contributed by atoms with Crippen molar-refractivity contribution in [1.29, 1.82) is 0 Å². The number of phenols is 1. The molecule has 0 aromatic heterocycles. The number of hydrogen-bond acceptors (Lipinski definition) is 5. The molecule has 2 rings (SSSR count). The molecule has 0 aliphatic rings. The Labute approximate surface area is 159 Å². The molecule has 2 aromatic rings. The second-order valence-corrected chi connectivity index (χ2v) is 7.65. The first-order valence-corrected chi connectivity index (χ1v) is 10.0. The van der Waals surface area contributed by atoms with Crippen molar-refractivity contribution in [3.63, 3.8) is 0 Å². The van der Waals surface area contributed by atoms with Crippen molar-refractivity contribution >= 4 is 21.6 Å². The second kappa shape index (κ2) is 8.30. The Bertz CT molecular complexity index is 920.